The number of halogens is 1. The maximum Gasteiger partial charge on any atom is 0.412 e. The molecule has 0 saturated heterocycles. The topological polar surface area (TPSA) is 119 Å². The van der Waals surface area contributed by atoms with Gasteiger partial charge in [-0.3, -0.25) is 5.32 Å². The largest absolute Gasteiger partial charge is 0.447 e. The van der Waals surface area contributed by atoms with E-state index in [0.717, 1.165) is 16.3 Å². The van der Waals surface area contributed by atoms with Gasteiger partial charge in [-0.25, -0.2) is 14.6 Å². The molecule has 0 atom stereocenters. The van der Waals surface area contributed by atoms with Crippen LogP contribution in [0.5, 0.6) is 0 Å². The van der Waals surface area contributed by atoms with E-state index in [-0.39, 0.29) is 25.7 Å². The van der Waals surface area contributed by atoms with E-state index in [1.54, 1.807) is 18.3 Å². The van der Waals surface area contributed by atoms with Gasteiger partial charge in [0.1, 0.15) is 12.4 Å². The molecule has 3 rings (SSSR count). The second kappa shape index (κ2) is 13.3. The van der Waals surface area contributed by atoms with Crippen LogP contribution < -0.4 is 16.4 Å². The molecule has 0 aliphatic rings. The highest BCUT2D eigenvalue weighted by atomic mass is 35.5. The van der Waals surface area contributed by atoms with Crippen LogP contribution >= 0.6 is 11.6 Å². The quantitative estimate of drug-likeness (QED) is 0.357. The van der Waals surface area contributed by atoms with E-state index in [9.17, 15) is 9.59 Å². The summed E-state index contributed by atoms with van der Waals surface area (Å²) in [5.41, 5.74) is 6.24. The molecule has 0 aliphatic carbocycles. The molecule has 4 N–H and O–H groups in total. The smallest absolute Gasteiger partial charge is 0.412 e. The van der Waals surface area contributed by atoms with Gasteiger partial charge in [-0.2, -0.15) is 0 Å². The molecule has 2 aromatic carbocycles. The lowest BCUT2D eigenvalue weighted by Gasteiger charge is -2.23. The molecular formula is C24H28ClN5O4. The Kier molecular flexibility index (Phi) is 9.90. The van der Waals surface area contributed by atoms with E-state index in [0.29, 0.717) is 37.1 Å². The van der Waals surface area contributed by atoms with Crippen molar-refractivity contribution in [2.75, 3.05) is 44.8 Å². The van der Waals surface area contributed by atoms with Gasteiger partial charge in [-0.05, 0) is 23.1 Å². The number of anilines is 1. The van der Waals surface area contributed by atoms with Crippen LogP contribution in [0, 0.1) is 0 Å². The second-order valence-corrected chi connectivity index (χ2v) is 7.72. The summed E-state index contributed by atoms with van der Waals surface area (Å²) in [7, 11) is 0. The van der Waals surface area contributed by atoms with Gasteiger partial charge in [0.25, 0.3) is 0 Å². The minimum Gasteiger partial charge on any atom is -0.447 e. The van der Waals surface area contributed by atoms with Crippen LogP contribution in [0.3, 0.4) is 0 Å². The predicted molar refractivity (Wildman–Crippen MR) is 132 cm³/mol. The number of fused-ring (bicyclic) bond motifs is 1. The molecule has 1 heterocycles. The minimum atomic E-state index is -0.654. The fraction of sp³-hybridized carbons (Fsp3) is 0.292. The molecule has 0 unspecified atom stereocenters. The Balaban J connectivity index is 1.49. The van der Waals surface area contributed by atoms with Crippen LogP contribution in [-0.4, -0.2) is 61.5 Å². The number of amides is 3. The van der Waals surface area contributed by atoms with E-state index in [2.05, 4.69) is 15.6 Å². The number of nitrogens with two attached hydrogens (primary N) is 1. The lowest BCUT2D eigenvalue weighted by atomic mass is 10.2. The lowest BCUT2D eigenvalue weighted by Crippen LogP contribution is -2.43. The van der Waals surface area contributed by atoms with Crippen LogP contribution in [0.25, 0.3) is 10.8 Å². The van der Waals surface area contributed by atoms with Crippen molar-refractivity contribution in [3.8, 4) is 0 Å². The van der Waals surface area contributed by atoms with E-state index < -0.39 is 6.09 Å². The summed E-state index contributed by atoms with van der Waals surface area (Å²) in [6.45, 7) is 1.86. The molecule has 180 valence electrons. The Labute approximate surface area is 203 Å². The van der Waals surface area contributed by atoms with Gasteiger partial charge in [0.05, 0.1) is 19.8 Å². The van der Waals surface area contributed by atoms with Gasteiger partial charge >= 0.3 is 12.1 Å². The normalized spacial score (nSPS) is 10.6. The molecule has 10 heteroatoms. The van der Waals surface area contributed by atoms with Crippen molar-refractivity contribution in [3.63, 3.8) is 0 Å². The Bertz CT molecular complexity index is 1100. The molecule has 0 saturated carbocycles. The van der Waals surface area contributed by atoms with Crippen molar-refractivity contribution in [2.45, 2.75) is 6.54 Å². The fourth-order valence-corrected chi connectivity index (χ4v) is 3.34. The van der Waals surface area contributed by atoms with Crippen molar-refractivity contribution in [3.05, 3.63) is 71.4 Å². The van der Waals surface area contributed by atoms with Crippen LogP contribution in [0.4, 0.5) is 15.4 Å². The summed E-state index contributed by atoms with van der Waals surface area (Å²) in [4.78, 5) is 30.6. The average Bonchev–Trinajstić information content (AvgIpc) is 2.84. The van der Waals surface area contributed by atoms with Crippen molar-refractivity contribution in [1.29, 1.82) is 0 Å². The van der Waals surface area contributed by atoms with Crippen molar-refractivity contribution >= 4 is 40.3 Å². The van der Waals surface area contributed by atoms with E-state index >= 15 is 0 Å². The molecule has 3 aromatic rings. The number of pyridine rings is 1. The number of urea groups is 1. The van der Waals surface area contributed by atoms with Gasteiger partial charge in [0.2, 0.25) is 0 Å². The third-order valence-electron chi connectivity index (χ3n) is 4.90. The zero-order valence-corrected chi connectivity index (χ0v) is 19.5. The maximum atomic E-state index is 12.7. The first kappa shape index (κ1) is 25.2. The van der Waals surface area contributed by atoms with E-state index in [4.69, 9.17) is 26.8 Å². The van der Waals surface area contributed by atoms with E-state index in [1.807, 2.05) is 42.5 Å². The lowest BCUT2D eigenvalue weighted by molar-refractivity contribution is 0.102. The molecule has 9 nitrogen and oxygen atoms in total. The highest BCUT2D eigenvalue weighted by Gasteiger charge is 2.15. The number of carbonyl (C=O) groups is 2. The molecule has 0 fully saturated rings. The zero-order valence-electron chi connectivity index (χ0n) is 18.7. The van der Waals surface area contributed by atoms with Gasteiger partial charge in [-0.15, -0.1) is 0 Å². The molecule has 0 spiro atoms. The molecule has 3 amide bonds. The monoisotopic (exact) mass is 485 g/mol. The summed E-state index contributed by atoms with van der Waals surface area (Å²) in [5, 5.41) is 7.93. The molecule has 0 aliphatic heterocycles. The number of aromatic nitrogens is 1. The van der Waals surface area contributed by atoms with Crippen LogP contribution in [0.1, 0.15) is 5.56 Å². The van der Waals surface area contributed by atoms with Crippen molar-refractivity contribution in [1.82, 2.24) is 15.2 Å². The Morgan fingerprint density at radius 2 is 1.74 bits per heavy atom. The molecule has 0 radical (unpaired) electrons. The third kappa shape index (κ3) is 7.87. The average molecular weight is 486 g/mol. The summed E-state index contributed by atoms with van der Waals surface area (Å²) in [6.07, 6.45) is 1.02. The maximum absolute atomic E-state index is 12.7. The summed E-state index contributed by atoms with van der Waals surface area (Å²) >= 11 is 6.16. The van der Waals surface area contributed by atoms with Gasteiger partial charge < -0.3 is 25.4 Å². The summed E-state index contributed by atoms with van der Waals surface area (Å²) in [6, 6.07) is 16.4. The van der Waals surface area contributed by atoms with Crippen LogP contribution in [0.15, 0.2) is 60.8 Å². The number of hydrogen-bond acceptors (Lipinski definition) is 6. The molecule has 34 heavy (non-hydrogen) atoms. The Hall–Kier alpha value is -3.40. The van der Waals surface area contributed by atoms with Gasteiger partial charge in [0.15, 0.2) is 0 Å². The number of rotatable bonds is 11. The standard InChI is InChI=1S/C24H28ClN5O4/c25-21-8-4-3-7-20(21)17-28-23(31)30(10-13-33-12-9-26)11-14-34-24(32)29-22-15-18-5-1-2-6-19(18)16-27-22/h1-8,15-16H,9-14,17,26H2,(H,28,31)(H,27,29,32). The highest BCUT2D eigenvalue weighted by molar-refractivity contribution is 6.31. The Morgan fingerprint density at radius 3 is 2.53 bits per heavy atom. The zero-order chi connectivity index (χ0) is 24.2. The van der Waals surface area contributed by atoms with Crippen LogP contribution in [0.2, 0.25) is 5.02 Å². The molecule has 0 bridgehead atoms. The second-order valence-electron chi connectivity index (χ2n) is 7.32. The first-order valence-corrected chi connectivity index (χ1v) is 11.3. The first-order valence-electron chi connectivity index (χ1n) is 10.9. The number of benzene rings is 2. The SMILES string of the molecule is NCCOCCN(CCOC(=O)Nc1cc2ccccc2cn1)C(=O)NCc1ccccc1Cl. The van der Waals surface area contributed by atoms with Crippen LogP contribution in [-0.2, 0) is 16.0 Å². The van der Waals surface area contributed by atoms with Gasteiger partial charge in [0, 0.05) is 36.2 Å². The molecular weight excluding hydrogens is 458 g/mol. The summed E-state index contributed by atoms with van der Waals surface area (Å²) < 4.78 is 10.6. The van der Waals surface area contributed by atoms with Crippen molar-refractivity contribution in [2.24, 2.45) is 5.73 Å². The summed E-state index contributed by atoms with van der Waals surface area (Å²) in [5.74, 6) is 0.383. The number of nitrogens with zero attached hydrogens (tertiary/aromatic N) is 2. The number of carbonyl (C=O) groups excluding carboxylic acids is 2. The number of ether oxygens (including phenoxy) is 2. The van der Waals surface area contributed by atoms with E-state index in [1.165, 1.54) is 4.90 Å². The highest BCUT2D eigenvalue weighted by Crippen LogP contribution is 2.16. The predicted octanol–water partition coefficient (Wildman–Crippen LogP) is 3.62. The first-order chi connectivity index (χ1) is 16.6. The Morgan fingerprint density at radius 1 is 1.00 bits per heavy atom. The van der Waals surface area contributed by atoms with Crippen molar-refractivity contribution < 1.29 is 19.1 Å². The number of nitrogens with one attached hydrogen (secondary N) is 2. The third-order valence-corrected chi connectivity index (χ3v) is 5.27. The molecule has 1 aromatic heterocycles. The number of hydrogen-bond donors (Lipinski definition) is 3. The fourth-order valence-electron chi connectivity index (χ4n) is 3.14. The van der Waals surface area contributed by atoms with Gasteiger partial charge in [-0.1, -0.05) is 54.1 Å². The minimum absolute atomic E-state index is 0.00415.